The van der Waals surface area contributed by atoms with E-state index in [2.05, 4.69) is 15.3 Å². The molecule has 3 heterocycles. The number of hydrogen-bond donors (Lipinski definition) is 2. The lowest BCUT2D eigenvalue weighted by molar-refractivity contribution is 0.0701. The summed E-state index contributed by atoms with van der Waals surface area (Å²) in [5.41, 5.74) is 0.678. The molecule has 0 aliphatic heterocycles. The molecule has 0 fully saturated rings. The molecule has 0 saturated carbocycles. The Morgan fingerprint density at radius 3 is 2.95 bits per heavy atom. The van der Waals surface area contributed by atoms with Gasteiger partial charge < -0.3 is 14.8 Å². The fourth-order valence-electron chi connectivity index (χ4n) is 2.20. The van der Waals surface area contributed by atoms with Gasteiger partial charge in [0.15, 0.2) is 0 Å². The predicted octanol–water partition coefficient (Wildman–Crippen LogP) is 3.46. The highest BCUT2D eigenvalue weighted by molar-refractivity contribution is 7.20. The minimum Gasteiger partial charge on any atom is -0.477 e. The molecule has 0 aliphatic carbocycles. The maximum absolute atomic E-state index is 11.2. The maximum Gasteiger partial charge on any atom is 0.346 e. The van der Waals surface area contributed by atoms with E-state index in [0.717, 1.165) is 22.5 Å². The number of carboxylic acids is 1. The molecule has 1 unspecified atom stereocenters. The first-order valence-electron chi connectivity index (χ1n) is 6.35. The first-order chi connectivity index (χ1) is 10.1. The number of aromatic carboxylic acids is 1. The Morgan fingerprint density at radius 2 is 2.29 bits per heavy atom. The van der Waals surface area contributed by atoms with E-state index >= 15 is 0 Å². The molecule has 0 spiro atoms. The molecule has 1 atom stereocenters. The van der Waals surface area contributed by atoms with Gasteiger partial charge in [0, 0.05) is 0 Å². The highest BCUT2D eigenvalue weighted by Crippen LogP contribution is 2.34. The van der Waals surface area contributed by atoms with Crippen molar-refractivity contribution in [2.75, 3.05) is 5.32 Å². The van der Waals surface area contributed by atoms with E-state index in [9.17, 15) is 9.90 Å². The van der Waals surface area contributed by atoms with E-state index in [4.69, 9.17) is 4.42 Å². The lowest BCUT2D eigenvalue weighted by Gasteiger charge is -2.12. The van der Waals surface area contributed by atoms with Gasteiger partial charge in [-0.05, 0) is 31.5 Å². The lowest BCUT2D eigenvalue weighted by Crippen LogP contribution is -2.07. The molecule has 0 bridgehead atoms. The van der Waals surface area contributed by atoms with E-state index < -0.39 is 5.97 Å². The molecule has 108 valence electrons. The molecule has 0 aromatic carbocycles. The number of nitrogens with zero attached hydrogens (tertiary/aromatic N) is 2. The smallest absolute Gasteiger partial charge is 0.346 e. The van der Waals surface area contributed by atoms with Crippen LogP contribution in [0, 0.1) is 6.92 Å². The number of carboxylic acid groups (broad SMARTS) is 1. The van der Waals surface area contributed by atoms with E-state index in [1.807, 2.05) is 19.1 Å². The number of thiophene rings is 1. The number of anilines is 1. The third-order valence-corrected chi connectivity index (χ3v) is 4.43. The van der Waals surface area contributed by atoms with Gasteiger partial charge in [0.2, 0.25) is 0 Å². The van der Waals surface area contributed by atoms with Gasteiger partial charge in [-0.1, -0.05) is 0 Å². The van der Waals surface area contributed by atoms with Gasteiger partial charge in [-0.15, -0.1) is 11.3 Å². The summed E-state index contributed by atoms with van der Waals surface area (Å²) in [7, 11) is 0. The van der Waals surface area contributed by atoms with Crippen LogP contribution in [-0.4, -0.2) is 21.0 Å². The van der Waals surface area contributed by atoms with Crippen molar-refractivity contribution in [3.05, 3.63) is 40.9 Å². The van der Waals surface area contributed by atoms with Crippen LogP contribution in [0.15, 0.2) is 29.1 Å². The van der Waals surface area contributed by atoms with E-state index in [-0.39, 0.29) is 6.04 Å². The van der Waals surface area contributed by atoms with Crippen LogP contribution < -0.4 is 5.32 Å². The summed E-state index contributed by atoms with van der Waals surface area (Å²) in [5.74, 6) is 0.457. The summed E-state index contributed by atoms with van der Waals surface area (Å²) in [5, 5.41) is 13.2. The second-order valence-corrected chi connectivity index (χ2v) is 5.64. The minimum atomic E-state index is -0.944. The summed E-state index contributed by atoms with van der Waals surface area (Å²) in [4.78, 5) is 20.6. The van der Waals surface area contributed by atoms with Gasteiger partial charge in [-0.2, -0.15) is 0 Å². The van der Waals surface area contributed by atoms with E-state index in [1.165, 1.54) is 6.33 Å². The fraction of sp³-hybridized carbons (Fsp3) is 0.214. The van der Waals surface area contributed by atoms with Crippen LogP contribution in [0.25, 0.3) is 10.2 Å². The Kier molecular flexibility index (Phi) is 3.34. The summed E-state index contributed by atoms with van der Waals surface area (Å²) in [6, 6.07) is 3.62. The number of aryl methyl sites for hydroxylation is 1. The standard InChI is InChI=1S/C14H13N3O3S/c1-7-10-12(17-8(2)9-4-3-5-20-9)15-6-16-13(10)21-11(7)14(18)19/h3-6,8H,1-2H3,(H,18,19)(H,15,16,17). The van der Waals surface area contributed by atoms with Crippen molar-refractivity contribution < 1.29 is 14.3 Å². The fourth-order valence-corrected chi connectivity index (χ4v) is 3.19. The average Bonchev–Trinajstić information content (AvgIpc) is 3.07. The molecule has 3 aromatic heterocycles. The third kappa shape index (κ3) is 2.36. The lowest BCUT2D eigenvalue weighted by atomic mass is 10.2. The van der Waals surface area contributed by atoms with Crippen LogP contribution >= 0.6 is 11.3 Å². The summed E-state index contributed by atoms with van der Waals surface area (Å²) >= 11 is 1.16. The topological polar surface area (TPSA) is 88.2 Å². The molecule has 0 aliphatic rings. The molecule has 6 nitrogen and oxygen atoms in total. The summed E-state index contributed by atoms with van der Waals surface area (Å²) < 4.78 is 5.36. The number of aromatic nitrogens is 2. The maximum atomic E-state index is 11.2. The second kappa shape index (κ2) is 5.17. The largest absolute Gasteiger partial charge is 0.477 e. The van der Waals surface area contributed by atoms with E-state index in [1.54, 1.807) is 13.2 Å². The van der Waals surface area contributed by atoms with Crippen molar-refractivity contribution in [3.8, 4) is 0 Å². The van der Waals surface area contributed by atoms with Gasteiger partial charge in [0.25, 0.3) is 0 Å². The molecular weight excluding hydrogens is 290 g/mol. The normalized spacial score (nSPS) is 12.5. The van der Waals surface area contributed by atoms with Crippen LogP contribution in [-0.2, 0) is 0 Å². The van der Waals surface area contributed by atoms with Crippen molar-refractivity contribution in [1.29, 1.82) is 0 Å². The van der Waals surface area contributed by atoms with Gasteiger partial charge in [0.1, 0.15) is 27.6 Å². The highest BCUT2D eigenvalue weighted by atomic mass is 32.1. The molecule has 21 heavy (non-hydrogen) atoms. The summed E-state index contributed by atoms with van der Waals surface area (Å²) in [6.07, 6.45) is 3.04. The SMILES string of the molecule is Cc1c(C(=O)O)sc2ncnc(NC(C)c3ccco3)c12. The zero-order chi connectivity index (χ0) is 15.0. The number of rotatable bonds is 4. The molecule has 0 amide bonds. The van der Waals surface area contributed by atoms with Crippen molar-refractivity contribution >= 4 is 33.3 Å². The Balaban J connectivity index is 2.04. The minimum absolute atomic E-state index is 0.0781. The van der Waals surface area contributed by atoms with Crippen LogP contribution in [0.1, 0.15) is 34.0 Å². The van der Waals surface area contributed by atoms with Crippen LogP contribution in [0.3, 0.4) is 0 Å². The molecule has 3 rings (SSSR count). The predicted molar refractivity (Wildman–Crippen MR) is 79.9 cm³/mol. The first kappa shape index (κ1) is 13.6. The Morgan fingerprint density at radius 1 is 1.48 bits per heavy atom. The van der Waals surface area contributed by atoms with Gasteiger partial charge in [0.05, 0.1) is 17.7 Å². The van der Waals surface area contributed by atoms with E-state index in [0.29, 0.717) is 21.1 Å². The van der Waals surface area contributed by atoms with Gasteiger partial charge >= 0.3 is 5.97 Å². The zero-order valence-electron chi connectivity index (χ0n) is 11.5. The number of nitrogens with one attached hydrogen (secondary N) is 1. The molecular formula is C14H13N3O3S. The van der Waals surface area contributed by atoms with Crippen molar-refractivity contribution in [1.82, 2.24) is 9.97 Å². The molecule has 2 N–H and O–H groups in total. The van der Waals surface area contributed by atoms with Crippen LogP contribution in [0.2, 0.25) is 0 Å². The number of carbonyl (C=O) groups is 1. The molecule has 0 radical (unpaired) electrons. The Hall–Kier alpha value is -2.41. The molecule has 3 aromatic rings. The first-order valence-corrected chi connectivity index (χ1v) is 7.17. The third-order valence-electron chi connectivity index (χ3n) is 3.24. The highest BCUT2D eigenvalue weighted by Gasteiger charge is 2.20. The molecule has 0 saturated heterocycles. The van der Waals surface area contributed by atoms with Crippen LogP contribution in [0.5, 0.6) is 0 Å². The number of furan rings is 1. The van der Waals surface area contributed by atoms with Gasteiger partial charge in [-0.3, -0.25) is 0 Å². The second-order valence-electron chi connectivity index (χ2n) is 4.65. The molecule has 7 heteroatoms. The van der Waals surface area contributed by atoms with Crippen molar-refractivity contribution in [3.63, 3.8) is 0 Å². The van der Waals surface area contributed by atoms with Gasteiger partial charge in [-0.25, -0.2) is 14.8 Å². The Labute approximate surface area is 124 Å². The Bertz CT molecular complexity index is 795. The zero-order valence-corrected chi connectivity index (χ0v) is 12.3. The van der Waals surface area contributed by atoms with Crippen molar-refractivity contribution in [2.45, 2.75) is 19.9 Å². The summed E-state index contributed by atoms with van der Waals surface area (Å²) in [6.45, 7) is 3.72. The number of hydrogen-bond acceptors (Lipinski definition) is 6. The quantitative estimate of drug-likeness (QED) is 0.767. The van der Waals surface area contributed by atoms with Crippen molar-refractivity contribution in [2.24, 2.45) is 0 Å². The average molecular weight is 303 g/mol. The monoisotopic (exact) mass is 303 g/mol. The van der Waals surface area contributed by atoms with Crippen LogP contribution in [0.4, 0.5) is 5.82 Å². The number of fused-ring (bicyclic) bond motifs is 1.